The van der Waals surface area contributed by atoms with E-state index in [-0.39, 0.29) is 10.5 Å². The zero-order chi connectivity index (χ0) is 14.9. The lowest BCUT2D eigenvalue weighted by atomic mass is 10.1. The Kier molecular flexibility index (Phi) is 3.60. The Balaban J connectivity index is 2.69. The first kappa shape index (κ1) is 14.2. The summed E-state index contributed by atoms with van der Waals surface area (Å²) in [6, 6.07) is 3.73. The maximum absolute atomic E-state index is 11.3. The Bertz CT molecular complexity index is 765. The molecule has 0 unspecified atom stereocenters. The van der Waals surface area contributed by atoms with Crippen molar-refractivity contribution in [3.05, 3.63) is 42.0 Å². The molecule has 20 heavy (non-hydrogen) atoms. The minimum atomic E-state index is -3.95. The Morgan fingerprint density at radius 3 is 2.70 bits per heavy atom. The molecular formula is C12H13N3O4S. The number of nitrogens with zero attached hydrogens (tertiary/aromatic N) is 2. The molecule has 1 aromatic heterocycles. The average molecular weight is 295 g/mol. The molecular weight excluding hydrogens is 282 g/mol. The molecule has 0 fully saturated rings. The topological polar surface area (TPSA) is 115 Å². The van der Waals surface area contributed by atoms with E-state index in [0.29, 0.717) is 17.9 Å². The molecule has 0 amide bonds. The van der Waals surface area contributed by atoms with Gasteiger partial charge in [0.25, 0.3) is 0 Å². The number of hydrogen-bond acceptors (Lipinski definition) is 4. The zero-order valence-electron chi connectivity index (χ0n) is 10.6. The van der Waals surface area contributed by atoms with Crippen LogP contribution in [0.2, 0.25) is 0 Å². The summed E-state index contributed by atoms with van der Waals surface area (Å²) in [6.07, 6.45) is 3.79. The standard InChI is InChI=1S/C12H13N3O4S/c1-2-11-14-5-6-15(11)10-4-3-8(20(13,18)19)7-9(10)12(16)17/h3-7H,2H2,1H3,(H,16,17)(H2,13,18,19). The van der Waals surface area contributed by atoms with Gasteiger partial charge in [0, 0.05) is 18.8 Å². The van der Waals surface area contributed by atoms with Crippen molar-refractivity contribution in [1.82, 2.24) is 9.55 Å². The lowest BCUT2D eigenvalue weighted by molar-refractivity contribution is 0.0696. The van der Waals surface area contributed by atoms with Gasteiger partial charge < -0.3 is 9.67 Å². The Labute approximate surface area is 115 Å². The van der Waals surface area contributed by atoms with Crippen LogP contribution in [-0.2, 0) is 16.4 Å². The summed E-state index contributed by atoms with van der Waals surface area (Å²) in [5, 5.41) is 14.3. The van der Waals surface area contributed by atoms with Crippen LogP contribution in [0.25, 0.3) is 5.69 Å². The molecule has 0 aliphatic rings. The maximum atomic E-state index is 11.3. The maximum Gasteiger partial charge on any atom is 0.337 e. The number of benzene rings is 1. The monoisotopic (exact) mass is 295 g/mol. The molecule has 106 valence electrons. The van der Waals surface area contributed by atoms with Crippen molar-refractivity contribution < 1.29 is 18.3 Å². The molecule has 0 spiro atoms. The van der Waals surface area contributed by atoms with Gasteiger partial charge in [-0.2, -0.15) is 0 Å². The van der Waals surface area contributed by atoms with E-state index in [1.54, 1.807) is 17.0 Å². The highest BCUT2D eigenvalue weighted by Crippen LogP contribution is 2.20. The number of carboxylic acids is 1. The van der Waals surface area contributed by atoms with Gasteiger partial charge in [-0.15, -0.1) is 0 Å². The lowest BCUT2D eigenvalue weighted by Crippen LogP contribution is -2.15. The van der Waals surface area contributed by atoms with Crippen LogP contribution in [0.5, 0.6) is 0 Å². The molecule has 2 rings (SSSR count). The van der Waals surface area contributed by atoms with Gasteiger partial charge in [-0.25, -0.2) is 23.3 Å². The van der Waals surface area contributed by atoms with Crippen molar-refractivity contribution in [3.63, 3.8) is 0 Å². The van der Waals surface area contributed by atoms with E-state index in [0.717, 1.165) is 6.07 Å². The summed E-state index contributed by atoms with van der Waals surface area (Å²) in [5.74, 6) is -0.558. The summed E-state index contributed by atoms with van der Waals surface area (Å²) in [5.41, 5.74) is 0.198. The molecule has 1 heterocycles. The fourth-order valence-electron chi connectivity index (χ4n) is 1.89. The number of sulfonamides is 1. The van der Waals surface area contributed by atoms with Crippen molar-refractivity contribution in [2.45, 2.75) is 18.2 Å². The van der Waals surface area contributed by atoms with Gasteiger partial charge in [0.1, 0.15) is 5.82 Å². The van der Waals surface area contributed by atoms with Crippen LogP contribution in [0.4, 0.5) is 0 Å². The Hall–Kier alpha value is -2.19. The quantitative estimate of drug-likeness (QED) is 0.864. The Morgan fingerprint density at radius 1 is 1.45 bits per heavy atom. The number of aryl methyl sites for hydroxylation is 1. The van der Waals surface area contributed by atoms with Gasteiger partial charge in [0.15, 0.2) is 0 Å². The number of aromatic carboxylic acids is 1. The normalized spacial score (nSPS) is 11.5. The first-order valence-corrected chi connectivity index (χ1v) is 7.32. The SMILES string of the molecule is CCc1nccn1-c1ccc(S(N)(=O)=O)cc1C(=O)O. The lowest BCUT2D eigenvalue weighted by Gasteiger charge is -2.11. The summed E-state index contributed by atoms with van der Waals surface area (Å²) >= 11 is 0. The highest BCUT2D eigenvalue weighted by atomic mass is 32.2. The minimum Gasteiger partial charge on any atom is -0.478 e. The highest BCUT2D eigenvalue weighted by molar-refractivity contribution is 7.89. The van der Waals surface area contributed by atoms with Crippen LogP contribution in [0, 0.1) is 0 Å². The van der Waals surface area contributed by atoms with E-state index in [4.69, 9.17) is 5.14 Å². The van der Waals surface area contributed by atoms with Crippen LogP contribution in [0.15, 0.2) is 35.5 Å². The molecule has 1 aromatic carbocycles. The predicted octanol–water partition coefficient (Wildman–Crippen LogP) is 0.780. The summed E-state index contributed by atoms with van der Waals surface area (Å²) in [4.78, 5) is 15.2. The first-order valence-electron chi connectivity index (χ1n) is 5.77. The largest absolute Gasteiger partial charge is 0.478 e. The molecule has 0 aliphatic carbocycles. The summed E-state index contributed by atoms with van der Waals surface area (Å²) in [6.45, 7) is 1.89. The van der Waals surface area contributed by atoms with Crippen LogP contribution >= 0.6 is 0 Å². The van der Waals surface area contributed by atoms with E-state index in [2.05, 4.69) is 4.98 Å². The number of nitrogens with two attached hydrogens (primary N) is 1. The number of carbonyl (C=O) groups is 1. The van der Waals surface area contributed by atoms with E-state index < -0.39 is 16.0 Å². The third kappa shape index (κ3) is 2.56. The van der Waals surface area contributed by atoms with Crippen LogP contribution in [0.3, 0.4) is 0 Å². The fraction of sp³-hybridized carbons (Fsp3) is 0.167. The van der Waals surface area contributed by atoms with Crippen LogP contribution < -0.4 is 5.14 Å². The minimum absolute atomic E-state index is 0.149. The van der Waals surface area contributed by atoms with Gasteiger partial charge in [-0.3, -0.25) is 0 Å². The number of imidazole rings is 1. The predicted molar refractivity (Wildman–Crippen MR) is 71.3 cm³/mol. The van der Waals surface area contributed by atoms with Crippen molar-refractivity contribution in [2.75, 3.05) is 0 Å². The summed E-state index contributed by atoms with van der Waals surface area (Å²) in [7, 11) is -3.95. The molecule has 3 N–H and O–H groups in total. The number of rotatable bonds is 4. The van der Waals surface area contributed by atoms with Crippen LogP contribution in [0.1, 0.15) is 23.1 Å². The van der Waals surface area contributed by atoms with Gasteiger partial charge in [0.05, 0.1) is 16.1 Å². The molecule has 0 saturated carbocycles. The molecule has 0 atom stereocenters. The summed E-state index contributed by atoms with van der Waals surface area (Å²) < 4.78 is 24.2. The second-order valence-corrected chi connectivity index (χ2v) is 5.66. The van der Waals surface area contributed by atoms with E-state index in [1.807, 2.05) is 6.92 Å². The second-order valence-electron chi connectivity index (χ2n) is 4.10. The molecule has 0 saturated heterocycles. The van der Waals surface area contributed by atoms with Crippen molar-refractivity contribution in [2.24, 2.45) is 5.14 Å². The van der Waals surface area contributed by atoms with E-state index in [9.17, 15) is 18.3 Å². The van der Waals surface area contributed by atoms with Gasteiger partial charge in [0.2, 0.25) is 10.0 Å². The third-order valence-electron chi connectivity index (χ3n) is 2.82. The number of primary sulfonamides is 1. The molecule has 2 aromatic rings. The molecule has 0 radical (unpaired) electrons. The third-order valence-corrected chi connectivity index (χ3v) is 3.73. The fourth-order valence-corrected chi connectivity index (χ4v) is 2.43. The second kappa shape index (κ2) is 5.06. The molecule has 8 heteroatoms. The Morgan fingerprint density at radius 2 is 2.15 bits per heavy atom. The van der Waals surface area contributed by atoms with Crippen molar-refractivity contribution in [3.8, 4) is 5.69 Å². The first-order chi connectivity index (χ1) is 9.34. The van der Waals surface area contributed by atoms with Crippen LogP contribution in [-0.4, -0.2) is 29.0 Å². The average Bonchev–Trinajstić information content (AvgIpc) is 2.84. The number of hydrogen-bond donors (Lipinski definition) is 2. The number of aromatic nitrogens is 2. The van der Waals surface area contributed by atoms with Crippen molar-refractivity contribution >= 4 is 16.0 Å². The van der Waals surface area contributed by atoms with E-state index in [1.165, 1.54) is 12.1 Å². The van der Waals surface area contributed by atoms with E-state index >= 15 is 0 Å². The van der Waals surface area contributed by atoms with Gasteiger partial charge in [-0.1, -0.05) is 6.92 Å². The van der Waals surface area contributed by atoms with Gasteiger partial charge >= 0.3 is 5.97 Å². The molecule has 7 nitrogen and oxygen atoms in total. The zero-order valence-corrected chi connectivity index (χ0v) is 11.5. The number of carboxylic acid groups (broad SMARTS) is 1. The smallest absolute Gasteiger partial charge is 0.337 e. The highest BCUT2D eigenvalue weighted by Gasteiger charge is 2.18. The molecule has 0 bridgehead atoms. The molecule has 0 aliphatic heterocycles. The van der Waals surface area contributed by atoms with Crippen molar-refractivity contribution in [1.29, 1.82) is 0 Å². The van der Waals surface area contributed by atoms with Gasteiger partial charge in [-0.05, 0) is 18.2 Å².